The number of amides is 2. The van der Waals surface area contributed by atoms with E-state index in [4.69, 9.17) is 10.5 Å². The van der Waals surface area contributed by atoms with Crippen molar-refractivity contribution in [2.45, 2.75) is 70.6 Å². The predicted molar refractivity (Wildman–Crippen MR) is 109 cm³/mol. The number of carbonyl (C=O) groups is 3. The average molecular weight is 419 g/mol. The Balaban J connectivity index is 1.75. The highest BCUT2D eigenvalue weighted by Gasteiger charge is 2.37. The molecule has 2 aliphatic rings. The normalized spacial score (nSPS) is 18.3. The highest BCUT2D eigenvalue weighted by Crippen LogP contribution is 2.34. The molecule has 3 rings (SSSR count). The van der Waals surface area contributed by atoms with E-state index in [1.54, 1.807) is 26.8 Å². The SMILES string of the molecule is CC(C)(C)OC(=O)CCC(C(N)=O)N1Cc2cc(C3CCNCC3)c(F)cc2C1=O. The van der Waals surface area contributed by atoms with E-state index in [9.17, 15) is 18.8 Å². The van der Waals surface area contributed by atoms with Gasteiger partial charge in [0, 0.05) is 18.5 Å². The van der Waals surface area contributed by atoms with Crippen molar-refractivity contribution in [1.82, 2.24) is 10.2 Å². The number of nitrogens with two attached hydrogens (primary N) is 1. The number of hydrogen-bond acceptors (Lipinski definition) is 5. The molecule has 2 amide bonds. The molecule has 2 heterocycles. The number of halogens is 1. The van der Waals surface area contributed by atoms with Crippen LogP contribution in [0.2, 0.25) is 0 Å². The molecule has 1 saturated heterocycles. The third-order valence-corrected chi connectivity index (χ3v) is 5.58. The van der Waals surface area contributed by atoms with E-state index < -0.39 is 29.4 Å². The van der Waals surface area contributed by atoms with Gasteiger partial charge in [0.15, 0.2) is 0 Å². The van der Waals surface area contributed by atoms with Crippen LogP contribution >= 0.6 is 0 Å². The number of hydrogen-bond donors (Lipinski definition) is 2. The molecule has 1 fully saturated rings. The smallest absolute Gasteiger partial charge is 0.306 e. The summed E-state index contributed by atoms with van der Waals surface area (Å²) in [4.78, 5) is 38.3. The first-order valence-corrected chi connectivity index (χ1v) is 10.4. The Morgan fingerprint density at radius 3 is 2.57 bits per heavy atom. The van der Waals surface area contributed by atoms with Gasteiger partial charge in [0.25, 0.3) is 5.91 Å². The first-order valence-electron chi connectivity index (χ1n) is 10.4. The van der Waals surface area contributed by atoms with Gasteiger partial charge in [-0.1, -0.05) is 6.07 Å². The van der Waals surface area contributed by atoms with Crippen LogP contribution in [0.1, 0.15) is 73.9 Å². The summed E-state index contributed by atoms with van der Waals surface area (Å²) < 4.78 is 20.0. The minimum Gasteiger partial charge on any atom is -0.460 e. The van der Waals surface area contributed by atoms with Crippen LogP contribution in [-0.4, -0.2) is 47.4 Å². The Kier molecular flexibility index (Phi) is 6.45. The van der Waals surface area contributed by atoms with Gasteiger partial charge in [-0.2, -0.15) is 0 Å². The highest BCUT2D eigenvalue weighted by molar-refractivity contribution is 6.01. The van der Waals surface area contributed by atoms with E-state index >= 15 is 0 Å². The summed E-state index contributed by atoms with van der Waals surface area (Å²) in [5, 5.41) is 3.26. The number of rotatable bonds is 6. The molecule has 0 aromatic heterocycles. The van der Waals surface area contributed by atoms with Gasteiger partial charge in [-0.3, -0.25) is 14.4 Å². The van der Waals surface area contributed by atoms with Crippen LogP contribution in [-0.2, 0) is 20.9 Å². The van der Waals surface area contributed by atoms with Gasteiger partial charge >= 0.3 is 5.97 Å². The van der Waals surface area contributed by atoms with Gasteiger partial charge in [0.05, 0.1) is 0 Å². The molecule has 2 aliphatic heterocycles. The minimum absolute atomic E-state index is 0.0420. The van der Waals surface area contributed by atoms with Crippen molar-refractivity contribution in [3.8, 4) is 0 Å². The third kappa shape index (κ3) is 4.98. The second-order valence-corrected chi connectivity index (χ2v) is 9.03. The maximum Gasteiger partial charge on any atom is 0.306 e. The molecule has 7 nitrogen and oxygen atoms in total. The molecule has 164 valence electrons. The van der Waals surface area contributed by atoms with E-state index in [0.717, 1.165) is 25.9 Å². The van der Waals surface area contributed by atoms with E-state index in [0.29, 0.717) is 11.1 Å². The zero-order valence-electron chi connectivity index (χ0n) is 17.8. The number of primary amides is 1. The Morgan fingerprint density at radius 1 is 1.30 bits per heavy atom. The summed E-state index contributed by atoms with van der Waals surface area (Å²) in [7, 11) is 0. The number of piperidine rings is 1. The lowest BCUT2D eigenvalue weighted by Gasteiger charge is -2.26. The lowest BCUT2D eigenvalue weighted by Crippen LogP contribution is -2.45. The molecule has 3 N–H and O–H groups in total. The van der Waals surface area contributed by atoms with Crippen molar-refractivity contribution in [2.75, 3.05) is 13.1 Å². The topological polar surface area (TPSA) is 102 Å². The van der Waals surface area contributed by atoms with E-state index in [1.807, 2.05) is 0 Å². The number of carbonyl (C=O) groups excluding carboxylic acids is 3. The van der Waals surface area contributed by atoms with Crippen molar-refractivity contribution in [3.05, 3.63) is 34.6 Å². The third-order valence-electron chi connectivity index (χ3n) is 5.58. The zero-order valence-corrected chi connectivity index (χ0v) is 17.8. The van der Waals surface area contributed by atoms with Gasteiger partial charge in [-0.05, 0) is 76.2 Å². The lowest BCUT2D eigenvalue weighted by molar-refractivity contribution is -0.155. The van der Waals surface area contributed by atoms with E-state index in [1.165, 1.54) is 11.0 Å². The molecule has 1 unspecified atom stereocenters. The molecule has 1 atom stereocenters. The van der Waals surface area contributed by atoms with Gasteiger partial charge in [-0.15, -0.1) is 0 Å². The summed E-state index contributed by atoms with van der Waals surface area (Å²) in [5.41, 5.74) is 6.47. The first kappa shape index (κ1) is 22.2. The Hall–Kier alpha value is -2.48. The van der Waals surface area contributed by atoms with Crippen molar-refractivity contribution >= 4 is 17.8 Å². The number of nitrogens with one attached hydrogen (secondary N) is 1. The highest BCUT2D eigenvalue weighted by atomic mass is 19.1. The summed E-state index contributed by atoms with van der Waals surface area (Å²) in [6.07, 6.45) is 1.70. The Bertz CT molecular complexity index is 844. The molecule has 8 heteroatoms. The quantitative estimate of drug-likeness (QED) is 0.689. The number of nitrogens with zero attached hydrogens (tertiary/aromatic N) is 1. The molecule has 0 bridgehead atoms. The van der Waals surface area contributed by atoms with Gasteiger partial charge < -0.3 is 20.7 Å². The van der Waals surface area contributed by atoms with Crippen LogP contribution in [0, 0.1) is 5.82 Å². The number of esters is 1. The van der Waals surface area contributed by atoms with Crippen LogP contribution < -0.4 is 11.1 Å². The molecule has 30 heavy (non-hydrogen) atoms. The lowest BCUT2D eigenvalue weighted by atomic mass is 9.88. The van der Waals surface area contributed by atoms with Crippen LogP contribution in [0.15, 0.2) is 12.1 Å². The molecule has 1 aromatic carbocycles. The van der Waals surface area contributed by atoms with Crippen LogP contribution in [0.25, 0.3) is 0 Å². The predicted octanol–water partition coefficient (Wildman–Crippen LogP) is 2.22. The summed E-state index contributed by atoms with van der Waals surface area (Å²) in [6, 6.07) is 2.08. The molecule has 0 spiro atoms. The van der Waals surface area contributed by atoms with E-state index in [-0.39, 0.29) is 36.7 Å². The van der Waals surface area contributed by atoms with Crippen LogP contribution in [0.3, 0.4) is 0 Å². The van der Waals surface area contributed by atoms with Gasteiger partial charge in [0.2, 0.25) is 5.91 Å². The van der Waals surface area contributed by atoms with Crippen LogP contribution in [0.4, 0.5) is 4.39 Å². The number of fused-ring (bicyclic) bond motifs is 1. The van der Waals surface area contributed by atoms with Crippen molar-refractivity contribution in [1.29, 1.82) is 0 Å². The fourth-order valence-corrected chi connectivity index (χ4v) is 4.17. The second kappa shape index (κ2) is 8.71. The molecule has 1 aromatic rings. The fourth-order valence-electron chi connectivity index (χ4n) is 4.17. The maximum atomic E-state index is 14.8. The van der Waals surface area contributed by atoms with Gasteiger partial charge in [-0.25, -0.2) is 4.39 Å². The summed E-state index contributed by atoms with van der Waals surface area (Å²) in [5.74, 6) is -1.87. The standard InChI is InChI=1S/C22H30FN3O4/c1-22(2,3)30-19(27)5-4-18(20(24)28)26-12-14-10-15(13-6-8-25-9-7-13)17(23)11-16(14)21(26)29/h10-11,13,18,25H,4-9,12H2,1-3H3,(H2,24,28). The number of ether oxygens (including phenoxy) is 1. The van der Waals surface area contributed by atoms with Crippen molar-refractivity contribution in [3.63, 3.8) is 0 Å². The molecule has 0 saturated carbocycles. The van der Waals surface area contributed by atoms with Crippen LogP contribution in [0.5, 0.6) is 0 Å². The largest absolute Gasteiger partial charge is 0.460 e. The zero-order chi connectivity index (χ0) is 22.1. The monoisotopic (exact) mass is 419 g/mol. The molecular weight excluding hydrogens is 389 g/mol. The second-order valence-electron chi connectivity index (χ2n) is 9.03. The van der Waals surface area contributed by atoms with Crippen molar-refractivity contribution in [2.24, 2.45) is 5.73 Å². The fraction of sp³-hybridized carbons (Fsp3) is 0.591. The van der Waals surface area contributed by atoms with Gasteiger partial charge in [0.1, 0.15) is 17.5 Å². The number of benzene rings is 1. The first-order chi connectivity index (χ1) is 14.1. The molecule has 0 radical (unpaired) electrons. The molecular formula is C22H30FN3O4. The Labute approximate surface area is 176 Å². The Morgan fingerprint density at radius 2 is 1.97 bits per heavy atom. The minimum atomic E-state index is -0.956. The summed E-state index contributed by atoms with van der Waals surface area (Å²) >= 11 is 0. The average Bonchev–Trinajstić information content (AvgIpc) is 2.96. The van der Waals surface area contributed by atoms with Crippen molar-refractivity contribution < 1.29 is 23.5 Å². The summed E-state index contributed by atoms with van der Waals surface area (Å²) in [6.45, 7) is 7.11. The molecule has 0 aliphatic carbocycles. The van der Waals surface area contributed by atoms with E-state index in [2.05, 4.69) is 5.32 Å². The maximum absolute atomic E-state index is 14.8.